The van der Waals surface area contributed by atoms with Crippen LogP contribution in [0.15, 0.2) is 54.6 Å². The maximum Gasteiger partial charge on any atom is 0.323 e. The van der Waals surface area contributed by atoms with Gasteiger partial charge in [-0.1, -0.05) is 42.5 Å². The van der Waals surface area contributed by atoms with Crippen molar-refractivity contribution in [2.24, 2.45) is 0 Å². The molecule has 0 saturated carbocycles. The van der Waals surface area contributed by atoms with E-state index in [0.29, 0.717) is 25.7 Å². The first-order valence-corrected chi connectivity index (χ1v) is 10.6. The second kappa shape index (κ2) is 10.9. The van der Waals surface area contributed by atoms with Gasteiger partial charge < -0.3 is 15.1 Å². The average molecular weight is 442 g/mol. The van der Waals surface area contributed by atoms with E-state index in [1.807, 2.05) is 30.3 Å². The van der Waals surface area contributed by atoms with Crippen molar-refractivity contribution in [1.29, 1.82) is 0 Å². The van der Waals surface area contributed by atoms with Gasteiger partial charge in [-0.25, -0.2) is 4.39 Å². The van der Waals surface area contributed by atoms with Crippen molar-refractivity contribution >= 4 is 17.8 Å². The predicted molar refractivity (Wildman–Crippen MR) is 116 cm³/mol. The molecule has 2 unspecified atom stereocenters. The topological polar surface area (TPSA) is 107 Å². The molecular formula is C24H27FN2O5. The molecule has 8 heteroatoms. The molecule has 1 saturated heterocycles. The third kappa shape index (κ3) is 6.37. The van der Waals surface area contributed by atoms with Gasteiger partial charge in [0.15, 0.2) is 0 Å². The van der Waals surface area contributed by atoms with Crippen molar-refractivity contribution in [3.05, 3.63) is 71.5 Å². The number of halogens is 1. The molecule has 3 atom stereocenters. The fraction of sp³-hybridized carbons (Fsp3) is 0.375. The molecule has 1 fully saturated rings. The lowest BCUT2D eigenvalue weighted by molar-refractivity contribution is -0.146. The van der Waals surface area contributed by atoms with Gasteiger partial charge in [0.05, 0.1) is 6.04 Å². The lowest BCUT2D eigenvalue weighted by Gasteiger charge is -2.26. The lowest BCUT2D eigenvalue weighted by Crippen LogP contribution is -2.52. The zero-order valence-corrected chi connectivity index (χ0v) is 17.6. The number of aliphatic carboxylic acids is 2. The Morgan fingerprint density at radius 2 is 1.75 bits per heavy atom. The number of hydrogen-bond acceptors (Lipinski definition) is 4. The van der Waals surface area contributed by atoms with Crippen LogP contribution in [0, 0.1) is 5.82 Å². The van der Waals surface area contributed by atoms with E-state index >= 15 is 0 Å². The number of aryl methyl sites for hydroxylation is 1. The highest BCUT2D eigenvalue weighted by atomic mass is 19.1. The van der Waals surface area contributed by atoms with Gasteiger partial charge in [-0.3, -0.25) is 19.7 Å². The molecule has 1 aliphatic heterocycles. The summed E-state index contributed by atoms with van der Waals surface area (Å²) in [7, 11) is 0. The highest BCUT2D eigenvalue weighted by Gasteiger charge is 2.35. The molecule has 0 aromatic heterocycles. The Balaban J connectivity index is 1.74. The van der Waals surface area contributed by atoms with Crippen LogP contribution in [0.5, 0.6) is 0 Å². The highest BCUT2D eigenvalue weighted by molar-refractivity contribution is 5.86. The molecule has 3 rings (SSSR count). The second-order valence-electron chi connectivity index (χ2n) is 8.07. The molecule has 1 heterocycles. The first kappa shape index (κ1) is 23.4. The van der Waals surface area contributed by atoms with Crippen molar-refractivity contribution in [2.45, 2.75) is 43.7 Å². The van der Waals surface area contributed by atoms with E-state index in [0.717, 1.165) is 11.1 Å². The van der Waals surface area contributed by atoms with Gasteiger partial charge in [-0.15, -0.1) is 0 Å². The minimum atomic E-state index is -1.14. The number of carbonyl (C=O) groups is 3. The maximum absolute atomic E-state index is 13.3. The molecule has 2 aromatic carbocycles. The highest BCUT2D eigenvalue weighted by Crippen LogP contribution is 2.28. The van der Waals surface area contributed by atoms with Crippen molar-refractivity contribution in [2.75, 3.05) is 13.1 Å². The summed E-state index contributed by atoms with van der Waals surface area (Å²) >= 11 is 0. The molecule has 7 nitrogen and oxygen atoms in total. The largest absolute Gasteiger partial charge is 0.480 e. The summed E-state index contributed by atoms with van der Waals surface area (Å²) in [6.45, 7) is -0.298. The van der Waals surface area contributed by atoms with Crippen LogP contribution < -0.4 is 5.32 Å². The van der Waals surface area contributed by atoms with Crippen LogP contribution >= 0.6 is 0 Å². The Morgan fingerprint density at radius 3 is 2.38 bits per heavy atom. The molecule has 0 radical (unpaired) electrons. The Labute approximate surface area is 185 Å². The number of likely N-dealkylation sites (tertiary alicyclic amines) is 1. The Morgan fingerprint density at radius 1 is 1.06 bits per heavy atom. The average Bonchev–Trinajstić information content (AvgIpc) is 2.91. The summed E-state index contributed by atoms with van der Waals surface area (Å²) in [4.78, 5) is 37.5. The monoisotopic (exact) mass is 442 g/mol. The minimum Gasteiger partial charge on any atom is -0.480 e. The van der Waals surface area contributed by atoms with Gasteiger partial charge in [-0.05, 0) is 48.9 Å². The number of amides is 1. The van der Waals surface area contributed by atoms with E-state index in [1.165, 1.54) is 17.0 Å². The predicted octanol–water partition coefficient (Wildman–Crippen LogP) is 2.66. The zero-order chi connectivity index (χ0) is 23.1. The number of benzene rings is 2. The number of hydrogen-bond donors (Lipinski definition) is 3. The smallest absolute Gasteiger partial charge is 0.323 e. The van der Waals surface area contributed by atoms with Crippen LogP contribution in [0.1, 0.15) is 36.3 Å². The Hall–Kier alpha value is -3.26. The Bertz CT molecular complexity index is 935. The number of carbonyl (C=O) groups excluding carboxylic acids is 1. The van der Waals surface area contributed by atoms with Gasteiger partial charge >= 0.3 is 11.9 Å². The van der Waals surface area contributed by atoms with Crippen molar-refractivity contribution < 1.29 is 29.0 Å². The van der Waals surface area contributed by atoms with Gasteiger partial charge in [0.2, 0.25) is 5.91 Å². The fourth-order valence-corrected chi connectivity index (χ4v) is 4.10. The SMILES string of the molecule is O=C(O)CN1CC(c2ccc(F)cc2)CCC(N[C@@H](CCc2ccccc2)C(=O)O)C1=O. The molecule has 0 spiro atoms. The van der Waals surface area contributed by atoms with E-state index in [-0.39, 0.29) is 18.3 Å². The second-order valence-corrected chi connectivity index (χ2v) is 8.07. The summed E-state index contributed by atoms with van der Waals surface area (Å²) in [5.74, 6) is -3.17. The van der Waals surface area contributed by atoms with Crippen molar-refractivity contribution in [3.63, 3.8) is 0 Å². The summed E-state index contributed by atoms with van der Waals surface area (Å²) in [5, 5.41) is 21.9. The fourth-order valence-electron chi connectivity index (χ4n) is 4.10. The number of carboxylic acids is 2. The molecule has 3 N–H and O–H groups in total. The van der Waals surface area contributed by atoms with E-state index in [4.69, 9.17) is 0 Å². The van der Waals surface area contributed by atoms with Crippen molar-refractivity contribution in [1.82, 2.24) is 10.2 Å². The maximum atomic E-state index is 13.3. The van der Waals surface area contributed by atoms with Crippen LogP contribution in [0.2, 0.25) is 0 Å². The van der Waals surface area contributed by atoms with Crippen LogP contribution in [-0.4, -0.2) is 58.1 Å². The lowest BCUT2D eigenvalue weighted by atomic mass is 9.93. The third-order valence-electron chi connectivity index (χ3n) is 5.79. The Kier molecular flexibility index (Phi) is 7.94. The summed E-state index contributed by atoms with van der Waals surface area (Å²) in [5.41, 5.74) is 1.81. The number of nitrogens with zero attached hydrogens (tertiary/aromatic N) is 1. The molecule has 0 bridgehead atoms. The molecule has 32 heavy (non-hydrogen) atoms. The van der Waals surface area contributed by atoms with E-state index in [9.17, 15) is 29.0 Å². The van der Waals surface area contributed by atoms with Gasteiger partial charge in [0.25, 0.3) is 0 Å². The van der Waals surface area contributed by atoms with Crippen molar-refractivity contribution in [3.8, 4) is 0 Å². The summed E-state index contributed by atoms with van der Waals surface area (Å²) in [6, 6.07) is 13.7. The first-order valence-electron chi connectivity index (χ1n) is 10.6. The van der Waals surface area contributed by atoms with E-state index in [1.54, 1.807) is 12.1 Å². The van der Waals surface area contributed by atoms with Gasteiger partial charge in [0.1, 0.15) is 18.4 Å². The summed E-state index contributed by atoms with van der Waals surface area (Å²) < 4.78 is 13.3. The standard InChI is InChI=1S/C24H27FN2O5/c25-19-10-7-17(8-11-19)18-9-13-20(23(30)27(14-18)15-22(28)29)26-21(24(31)32)12-6-16-4-2-1-3-5-16/h1-5,7-8,10-11,18,20-21,26H,6,9,12-15H2,(H,28,29)(H,31,32)/t18?,20?,21-/m0/s1. The van der Waals surface area contributed by atoms with Gasteiger partial charge in [0, 0.05) is 12.5 Å². The molecule has 0 aliphatic carbocycles. The minimum absolute atomic E-state index is 0.168. The molecule has 1 aliphatic rings. The van der Waals surface area contributed by atoms with Crippen LogP contribution in [0.3, 0.4) is 0 Å². The summed E-state index contributed by atoms with van der Waals surface area (Å²) in [6.07, 6.45) is 1.72. The zero-order valence-electron chi connectivity index (χ0n) is 17.6. The van der Waals surface area contributed by atoms with E-state index < -0.39 is 36.5 Å². The first-order chi connectivity index (χ1) is 15.3. The third-order valence-corrected chi connectivity index (χ3v) is 5.79. The van der Waals surface area contributed by atoms with E-state index in [2.05, 4.69) is 5.32 Å². The van der Waals surface area contributed by atoms with Crippen LogP contribution in [0.4, 0.5) is 4.39 Å². The molecule has 2 aromatic rings. The normalized spacial score (nSPS) is 19.9. The number of rotatable bonds is 9. The number of nitrogens with one attached hydrogen (secondary N) is 1. The van der Waals surface area contributed by atoms with Gasteiger partial charge in [-0.2, -0.15) is 0 Å². The molecular weight excluding hydrogens is 415 g/mol. The van der Waals surface area contributed by atoms with Crippen LogP contribution in [-0.2, 0) is 20.8 Å². The van der Waals surface area contributed by atoms with Crippen LogP contribution in [0.25, 0.3) is 0 Å². The number of carboxylic acid groups (broad SMARTS) is 2. The quantitative estimate of drug-likeness (QED) is 0.551. The molecule has 170 valence electrons. The molecule has 1 amide bonds.